The molecule has 2 heterocycles. The topological polar surface area (TPSA) is 70.1 Å². The van der Waals surface area contributed by atoms with Gasteiger partial charge in [-0.05, 0) is 31.2 Å². The summed E-state index contributed by atoms with van der Waals surface area (Å²) in [5.74, 6) is 0.724. The van der Waals surface area contributed by atoms with Crippen LogP contribution < -0.4 is 16.2 Å². The molecule has 1 aromatic carbocycles. The molecule has 0 spiro atoms. The summed E-state index contributed by atoms with van der Waals surface area (Å²) in [5.41, 5.74) is 7.05. The molecule has 0 radical (unpaired) electrons. The SMILES string of the molecule is CC1Cc2c(nc(=O)n(-c3ccc(Cl)cc3)c2N)O1. The molecule has 0 bridgehead atoms. The number of aromatic nitrogens is 2. The van der Waals surface area contributed by atoms with Gasteiger partial charge in [-0.15, -0.1) is 0 Å². The molecule has 1 unspecified atom stereocenters. The van der Waals surface area contributed by atoms with Crippen molar-refractivity contribution in [3.05, 3.63) is 45.3 Å². The van der Waals surface area contributed by atoms with E-state index in [1.54, 1.807) is 24.3 Å². The molecule has 0 fully saturated rings. The van der Waals surface area contributed by atoms with E-state index >= 15 is 0 Å². The predicted molar refractivity (Wildman–Crippen MR) is 73.1 cm³/mol. The third kappa shape index (κ3) is 1.96. The molecule has 1 aliphatic heterocycles. The number of rotatable bonds is 1. The van der Waals surface area contributed by atoms with Gasteiger partial charge in [-0.2, -0.15) is 4.98 Å². The maximum atomic E-state index is 12.1. The fourth-order valence-electron chi connectivity index (χ4n) is 2.20. The third-order valence-electron chi connectivity index (χ3n) is 3.09. The highest BCUT2D eigenvalue weighted by molar-refractivity contribution is 6.30. The number of fused-ring (bicyclic) bond motifs is 1. The van der Waals surface area contributed by atoms with E-state index in [9.17, 15) is 4.79 Å². The quantitative estimate of drug-likeness (QED) is 0.863. The van der Waals surface area contributed by atoms with Crippen molar-refractivity contribution in [3.8, 4) is 11.6 Å². The van der Waals surface area contributed by atoms with Crippen LogP contribution in [0.25, 0.3) is 5.69 Å². The average Bonchev–Trinajstić information content (AvgIpc) is 2.72. The summed E-state index contributed by atoms with van der Waals surface area (Å²) in [7, 11) is 0. The summed E-state index contributed by atoms with van der Waals surface area (Å²) in [6.45, 7) is 1.91. The second-order valence-electron chi connectivity index (χ2n) is 4.51. The Balaban J connectivity index is 2.21. The largest absolute Gasteiger partial charge is 0.474 e. The van der Waals surface area contributed by atoms with E-state index in [-0.39, 0.29) is 6.10 Å². The number of nitrogens with zero attached hydrogens (tertiary/aromatic N) is 2. The van der Waals surface area contributed by atoms with Crippen molar-refractivity contribution in [2.45, 2.75) is 19.4 Å². The zero-order chi connectivity index (χ0) is 13.6. The summed E-state index contributed by atoms with van der Waals surface area (Å²) in [4.78, 5) is 16.0. The van der Waals surface area contributed by atoms with E-state index < -0.39 is 5.69 Å². The molecule has 1 aromatic heterocycles. The van der Waals surface area contributed by atoms with Gasteiger partial charge < -0.3 is 10.5 Å². The van der Waals surface area contributed by atoms with Crippen LogP contribution in [0.1, 0.15) is 12.5 Å². The summed E-state index contributed by atoms with van der Waals surface area (Å²) < 4.78 is 6.82. The van der Waals surface area contributed by atoms with Gasteiger partial charge in [0.25, 0.3) is 0 Å². The van der Waals surface area contributed by atoms with Gasteiger partial charge in [0, 0.05) is 11.4 Å². The number of hydrogen-bond donors (Lipinski definition) is 1. The molecule has 5 nitrogen and oxygen atoms in total. The maximum Gasteiger partial charge on any atom is 0.357 e. The van der Waals surface area contributed by atoms with E-state index in [0.717, 1.165) is 5.56 Å². The molecule has 1 atom stereocenters. The normalized spacial score (nSPS) is 17.1. The number of benzene rings is 1. The van der Waals surface area contributed by atoms with Crippen LogP contribution in [0.15, 0.2) is 29.1 Å². The van der Waals surface area contributed by atoms with E-state index in [1.807, 2.05) is 6.92 Å². The van der Waals surface area contributed by atoms with E-state index in [4.69, 9.17) is 22.1 Å². The van der Waals surface area contributed by atoms with Crippen LogP contribution in [-0.2, 0) is 6.42 Å². The summed E-state index contributed by atoms with van der Waals surface area (Å²) in [6.07, 6.45) is 0.646. The highest BCUT2D eigenvalue weighted by Crippen LogP contribution is 2.30. The van der Waals surface area contributed by atoms with Gasteiger partial charge in [-0.3, -0.25) is 0 Å². The molecule has 2 aromatic rings. The molecular formula is C13H12ClN3O2. The van der Waals surface area contributed by atoms with Gasteiger partial charge in [0.1, 0.15) is 11.9 Å². The Kier molecular flexibility index (Phi) is 2.71. The standard InChI is InChI=1S/C13H12ClN3O2/c1-7-6-10-11(15)17(13(18)16-12(10)19-7)9-4-2-8(14)3-5-9/h2-5,7H,6,15H2,1H3. The van der Waals surface area contributed by atoms with Crippen LogP contribution in [-0.4, -0.2) is 15.7 Å². The molecule has 0 amide bonds. The molecule has 0 aliphatic carbocycles. The summed E-state index contributed by atoms with van der Waals surface area (Å²) >= 11 is 5.84. The minimum atomic E-state index is -0.451. The third-order valence-corrected chi connectivity index (χ3v) is 3.34. The number of anilines is 1. The van der Waals surface area contributed by atoms with Gasteiger partial charge in [0.15, 0.2) is 0 Å². The van der Waals surface area contributed by atoms with Crippen LogP contribution >= 0.6 is 11.6 Å². The van der Waals surface area contributed by atoms with E-state index in [2.05, 4.69) is 4.98 Å². The van der Waals surface area contributed by atoms with Crippen LogP contribution in [0, 0.1) is 0 Å². The van der Waals surface area contributed by atoms with Crippen LogP contribution in [0.2, 0.25) is 5.02 Å². The van der Waals surface area contributed by atoms with Crippen molar-refractivity contribution in [3.63, 3.8) is 0 Å². The molecule has 3 rings (SSSR count). The molecular weight excluding hydrogens is 266 g/mol. The number of halogens is 1. The van der Waals surface area contributed by atoms with Gasteiger partial charge in [0.05, 0.1) is 11.3 Å². The monoisotopic (exact) mass is 277 g/mol. The van der Waals surface area contributed by atoms with Crippen molar-refractivity contribution < 1.29 is 4.74 Å². The first kappa shape index (κ1) is 12.0. The lowest BCUT2D eigenvalue weighted by Crippen LogP contribution is -2.25. The highest BCUT2D eigenvalue weighted by Gasteiger charge is 2.26. The number of nitrogens with two attached hydrogens (primary N) is 1. The van der Waals surface area contributed by atoms with Crippen LogP contribution in [0.5, 0.6) is 5.88 Å². The predicted octanol–water partition coefficient (Wildman–Crippen LogP) is 1.79. The zero-order valence-corrected chi connectivity index (χ0v) is 11.0. The maximum absolute atomic E-state index is 12.1. The molecule has 0 saturated carbocycles. The lowest BCUT2D eigenvalue weighted by Gasteiger charge is -2.11. The molecule has 98 valence electrons. The average molecular weight is 278 g/mol. The van der Waals surface area contributed by atoms with Crippen molar-refractivity contribution in [1.29, 1.82) is 0 Å². The molecule has 19 heavy (non-hydrogen) atoms. The van der Waals surface area contributed by atoms with E-state index in [0.29, 0.717) is 28.8 Å². The fourth-order valence-corrected chi connectivity index (χ4v) is 2.33. The van der Waals surface area contributed by atoms with Gasteiger partial charge >= 0.3 is 5.69 Å². The van der Waals surface area contributed by atoms with Crippen molar-refractivity contribution in [1.82, 2.24) is 9.55 Å². The van der Waals surface area contributed by atoms with Crippen LogP contribution in [0.3, 0.4) is 0 Å². The second-order valence-corrected chi connectivity index (χ2v) is 4.94. The van der Waals surface area contributed by atoms with Crippen molar-refractivity contribution >= 4 is 17.4 Å². The Labute approximate surface area is 114 Å². The minimum absolute atomic E-state index is 0.00901. The summed E-state index contributed by atoms with van der Waals surface area (Å²) in [5, 5.41) is 0.599. The highest BCUT2D eigenvalue weighted by atomic mass is 35.5. The van der Waals surface area contributed by atoms with Crippen molar-refractivity contribution in [2.24, 2.45) is 0 Å². The van der Waals surface area contributed by atoms with E-state index in [1.165, 1.54) is 4.57 Å². The first-order chi connectivity index (χ1) is 9.06. The molecule has 6 heteroatoms. The Bertz CT molecular complexity index is 694. The smallest absolute Gasteiger partial charge is 0.357 e. The first-order valence-electron chi connectivity index (χ1n) is 5.90. The minimum Gasteiger partial charge on any atom is -0.474 e. The first-order valence-corrected chi connectivity index (χ1v) is 6.28. The Morgan fingerprint density at radius 1 is 1.42 bits per heavy atom. The van der Waals surface area contributed by atoms with Gasteiger partial charge in [-0.25, -0.2) is 9.36 Å². The van der Waals surface area contributed by atoms with Gasteiger partial charge in [-0.1, -0.05) is 11.6 Å². The Morgan fingerprint density at radius 3 is 2.79 bits per heavy atom. The molecule has 0 saturated heterocycles. The lowest BCUT2D eigenvalue weighted by atomic mass is 10.2. The van der Waals surface area contributed by atoms with Crippen LogP contribution in [0.4, 0.5) is 5.82 Å². The summed E-state index contributed by atoms with van der Waals surface area (Å²) in [6, 6.07) is 6.87. The fraction of sp³-hybridized carbons (Fsp3) is 0.231. The van der Waals surface area contributed by atoms with Gasteiger partial charge in [0.2, 0.25) is 5.88 Å². The lowest BCUT2D eigenvalue weighted by molar-refractivity contribution is 0.245. The zero-order valence-electron chi connectivity index (χ0n) is 10.3. The Hall–Kier alpha value is -2.01. The Morgan fingerprint density at radius 2 is 2.11 bits per heavy atom. The second kappa shape index (κ2) is 4.28. The number of hydrogen-bond acceptors (Lipinski definition) is 4. The molecule has 2 N–H and O–H groups in total. The number of ether oxygens (including phenoxy) is 1. The van der Waals surface area contributed by atoms with Crippen molar-refractivity contribution in [2.75, 3.05) is 5.73 Å². The molecule has 1 aliphatic rings. The number of nitrogen functional groups attached to an aromatic ring is 1.